The third-order valence-electron chi connectivity index (χ3n) is 3.03. The van der Waals surface area contributed by atoms with Gasteiger partial charge in [0, 0.05) is 17.9 Å². The van der Waals surface area contributed by atoms with E-state index in [2.05, 4.69) is 0 Å². The van der Waals surface area contributed by atoms with E-state index in [1.54, 1.807) is 24.3 Å². The molecule has 110 valence electrons. The Morgan fingerprint density at radius 1 is 1.19 bits per heavy atom. The molecule has 0 radical (unpaired) electrons. The Kier molecular flexibility index (Phi) is 4.52. The number of nitrogens with zero attached hydrogens (tertiary/aromatic N) is 1. The van der Waals surface area contributed by atoms with Gasteiger partial charge in [0.25, 0.3) is 5.91 Å². The number of carbonyl (C=O) groups is 1. The van der Waals surface area contributed by atoms with Gasteiger partial charge in [-0.1, -0.05) is 13.0 Å². The van der Waals surface area contributed by atoms with E-state index in [9.17, 15) is 13.6 Å². The van der Waals surface area contributed by atoms with E-state index < -0.39 is 17.5 Å². The fraction of sp³-hybridized carbons (Fsp3) is 0.188. The van der Waals surface area contributed by atoms with Gasteiger partial charge >= 0.3 is 0 Å². The zero-order valence-corrected chi connectivity index (χ0v) is 11.6. The SMILES string of the molecule is CCCN(C(=O)c1cc(F)ccc1F)c1cccc(N)c1. The third-order valence-corrected chi connectivity index (χ3v) is 3.03. The zero-order valence-electron chi connectivity index (χ0n) is 11.6. The number of halogens is 2. The Bertz CT molecular complexity index is 658. The van der Waals surface area contributed by atoms with Crippen molar-refractivity contribution >= 4 is 17.3 Å². The van der Waals surface area contributed by atoms with Crippen molar-refractivity contribution in [1.29, 1.82) is 0 Å². The Morgan fingerprint density at radius 2 is 1.95 bits per heavy atom. The van der Waals surface area contributed by atoms with E-state index >= 15 is 0 Å². The molecule has 0 spiro atoms. The van der Waals surface area contributed by atoms with Crippen molar-refractivity contribution in [3.63, 3.8) is 0 Å². The molecule has 0 saturated carbocycles. The van der Waals surface area contributed by atoms with Crippen LogP contribution in [0, 0.1) is 11.6 Å². The summed E-state index contributed by atoms with van der Waals surface area (Å²) in [7, 11) is 0. The molecule has 0 unspecified atom stereocenters. The highest BCUT2D eigenvalue weighted by Gasteiger charge is 2.21. The number of nitrogens with two attached hydrogens (primary N) is 1. The van der Waals surface area contributed by atoms with Crippen LogP contribution in [0.15, 0.2) is 42.5 Å². The van der Waals surface area contributed by atoms with E-state index in [1.807, 2.05) is 6.92 Å². The molecule has 0 bridgehead atoms. The van der Waals surface area contributed by atoms with Gasteiger partial charge in [0.15, 0.2) is 0 Å². The second-order valence-corrected chi connectivity index (χ2v) is 4.68. The van der Waals surface area contributed by atoms with Crippen LogP contribution in [0.2, 0.25) is 0 Å². The predicted molar refractivity (Wildman–Crippen MR) is 79.2 cm³/mol. The van der Waals surface area contributed by atoms with Gasteiger partial charge in [-0.25, -0.2) is 8.78 Å². The van der Waals surface area contributed by atoms with E-state index in [-0.39, 0.29) is 5.56 Å². The lowest BCUT2D eigenvalue weighted by molar-refractivity contribution is 0.0982. The van der Waals surface area contributed by atoms with Crippen LogP contribution in [0.25, 0.3) is 0 Å². The molecule has 2 rings (SSSR count). The van der Waals surface area contributed by atoms with Crippen LogP contribution in [0.5, 0.6) is 0 Å². The molecule has 0 heterocycles. The van der Waals surface area contributed by atoms with Crippen molar-refractivity contribution in [3.8, 4) is 0 Å². The summed E-state index contributed by atoms with van der Waals surface area (Å²) in [5.41, 5.74) is 6.49. The summed E-state index contributed by atoms with van der Waals surface area (Å²) in [6.45, 7) is 2.28. The number of hydrogen-bond acceptors (Lipinski definition) is 2. The van der Waals surface area contributed by atoms with E-state index in [0.717, 1.165) is 18.2 Å². The largest absolute Gasteiger partial charge is 0.399 e. The molecule has 2 N–H and O–H groups in total. The van der Waals surface area contributed by atoms with Gasteiger partial charge in [0.1, 0.15) is 11.6 Å². The van der Waals surface area contributed by atoms with Gasteiger partial charge in [-0.05, 0) is 42.8 Å². The normalized spacial score (nSPS) is 10.4. The van der Waals surface area contributed by atoms with Gasteiger partial charge < -0.3 is 10.6 Å². The average molecular weight is 290 g/mol. The first kappa shape index (κ1) is 15.0. The summed E-state index contributed by atoms with van der Waals surface area (Å²) in [5, 5.41) is 0. The van der Waals surface area contributed by atoms with Crippen molar-refractivity contribution in [2.45, 2.75) is 13.3 Å². The minimum atomic E-state index is -0.744. The van der Waals surface area contributed by atoms with Gasteiger partial charge in [-0.15, -0.1) is 0 Å². The predicted octanol–water partition coefficient (Wildman–Crippen LogP) is 3.60. The summed E-state index contributed by atoms with van der Waals surface area (Å²) in [6.07, 6.45) is 0.678. The summed E-state index contributed by atoms with van der Waals surface area (Å²) >= 11 is 0. The number of hydrogen-bond donors (Lipinski definition) is 1. The highest BCUT2D eigenvalue weighted by Crippen LogP contribution is 2.22. The van der Waals surface area contributed by atoms with Crippen molar-refractivity contribution in [1.82, 2.24) is 0 Å². The van der Waals surface area contributed by atoms with Crippen LogP contribution >= 0.6 is 0 Å². The van der Waals surface area contributed by atoms with Crippen molar-refractivity contribution in [3.05, 3.63) is 59.7 Å². The maximum atomic E-state index is 13.8. The first-order chi connectivity index (χ1) is 10.0. The Balaban J connectivity index is 2.42. The Hall–Kier alpha value is -2.43. The number of anilines is 2. The fourth-order valence-electron chi connectivity index (χ4n) is 2.07. The lowest BCUT2D eigenvalue weighted by Crippen LogP contribution is -2.32. The first-order valence-electron chi connectivity index (χ1n) is 6.65. The average Bonchev–Trinajstić information content (AvgIpc) is 2.46. The minimum Gasteiger partial charge on any atom is -0.399 e. The quantitative estimate of drug-likeness (QED) is 0.874. The standard InChI is InChI=1S/C16H16F2N2O/c1-2-8-20(13-5-3-4-12(19)10-13)16(21)14-9-11(17)6-7-15(14)18/h3-7,9-10H,2,8,19H2,1H3. The van der Waals surface area contributed by atoms with Gasteiger partial charge in [0.2, 0.25) is 0 Å². The fourth-order valence-corrected chi connectivity index (χ4v) is 2.07. The molecule has 2 aromatic rings. The van der Waals surface area contributed by atoms with E-state index in [0.29, 0.717) is 24.3 Å². The molecule has 21 heavy (non-hydrogen) atoms. The van der Waals surface area contributed by atoms with Gasteiger partial charge in [0.05, 0.1) is 5.56 Å². The van der Waals surface area contributed by atoms with Gasteiger partial charge in [-0.2, -0.15) is 0 Å². The lowest BCUT2D eigenvalue weighted by atomic mass is 10.1. The van der Waals surface area contributed by atoms with Gasteiger partial charge in [-0.3, -0.25) is 4.79 Å². The highest BCUT2D eigenvalue weighted by molar-refractivity contribution is 6.06. The van der Waals surface area contributed by atoms with Crippen molar-refractivity contribution in [2.75, 3.05) is 17.2 Å². The zero-order chi connectivity index (χ0) is 15.4. The molecule has 2 aromatic carbocycles. The third kappa shape index (κ3) is 3.37. The summed E-state index contributed by atoms with van der Waals surface area (Å²) < 4.78 is 27.0. The molecule has 0 aromatic heterocycles. The molecular formula is C16H16F2N2O. The molecular weight excluding hydrogens is 274 g/mol. The van der Waals surface area contributed by atoms with Crippen LogP contribution in [-0.2, 0) is 0 Å². The highest BCUT2D eigenvalue weighted by atomic mass is 19.1. The summed E-state index contributed by atoms with van der Waals surface area (Å²) in [5.74, 6) is -1.98. The number of carbonyl (C=O) groups excluding carboxylic acids is 1. The topological polar surface area (TPSA) is 46.3 Å². The second-order valence-electron chi connectivity index (χ2n) is 4.68. The maximum Gasteiger partial charge on any atom is 0.261 e. The summed E-state index contributed by atoms with van der Waals surface area (Å²) in [4.78, 5) is 13.9. The second kappa shape index (κ2) is 6.35. The minimum absolute atomic E-state index is 0.286. The molecule has 0 aliphatic heterocycles. The Morgan fingerprint density at radius 3 is 2.62 bits per heavy atom. The number of nitrogen functional groups attached to an aromatic ring is 1. The van der Waals surface area contributed by atoms with Crippen molar-refractivity contribution in [2.24, 2.45) is 0 Å². The van der Waals surface area contributed by atoms with E-state index in [1.165, 1.54) is 4.90 Å². The number of amides is 1. The van der Waals surface area contributed by atoms with Crippen molar-refractivity contribution < 1.29 is 13.6 Å². The van der Waals surface area contributed by atoms with E-state index in [4.69, 9.17) is 5.73 Å². The molecule has 0 atom stereocenters. The van der Waals surface area contributed by atoms with Crippen LogP contribution < -0.4 is 10.6 Å². The molecule has 0 aliphatic rings. The number of rotatable bonds is 4. The molecule has 0 fully saturated rings. The lowest BCUT2D eigenvalue weighted by Gasteiger charge is -2.23. The van der Waals surface area contributed by atoms with Crippen LogP contribution in [0.3, 0.4) is 0 Å². The number of benzene rings is 2. The van der Waals surface area contributed by atoms with Crippen LogP contribution in [0.4, 0.5) is 20.2 Å². The Labute approximate surface area is 122 Å². The molecule has 1 amide bonds. The summed E-state index contributed by atoms with van der Waals surface area (Å²) in [6, 6.07) is 9.59. The monoisotopic (exact) mass is 290 g/mol. The van der Waals surface area contributed by atoms with Crippen LogP contribution in [0.1, 0.15) is 23.7 Å². The smallest absolute Gasteiger partial charge is 0.261 e. The molecule has 0 aliphatic carbocycles. The molecule has 3 nitrogen and oxygen atoms in total. The molecule has 0 saturated heterocycles. The maximum absolute atomic E-state index is 13.8. The first-order valence-corrected chi connectivity index (χ1v) is 6.65. The van der Waals surface area contributed by atoms with Crippen LogP contribution in [-0.4, -0.2) is 12.5 Å². The molecule has 5 heteroatoms.